The van der Waals surface area contributed by atoms with E-state index in [1.165, 1.54) is 27.8 Å². The highest BCUT2D eigenvalue weighted by atomic mass is 35.5. The lowest BCUT2D eigenvalue weighted by Gasteiger charge is -2.27. The highest BCUT2D eigenvalue weighted by molar-refractivity contribution is 7.89. The second kappa shape index (κ2) is 12.7. The number of halogens is 1. The van der Waals surface area contributed by atoms with Crippen LogP contribution in [0.4, 0.5) is 5.13 Å². The minimum absolute atomic E-state index is 0. The van der Waals surface area contributed by atoms with Gasteiger partial charge < -0.3 is 9.47 Å². The monoisotopic (exact) mass is 580 g/mol. The maximum absolute atomic E-state index is 13.7. The molecule has 2 aliphatic rings. The van der Waals surface area contributed by atoms with Crippen LogP contribution in [0.2, 0.25) is 0 Å². The number of aromatic nitrogens is 1. The van der Waals surface area contributed by atoms with Gasteiger partial charge >= 0.3 is 0 Å². The predicted octanol–water partition coefficient (Wildman–Crippen LogP) is 3.88. The summed E-state index contributed by atoms with van der Waals surface area (Å²) in [6.07, 6.45) is 2.54. The Balaban J connectivity index is 0.00000336. The molecule has 1 aromatic heterocycles. The lowest BCUT2D eigenvalue weighted by Crippen LogP contribution is -2.39. The Hall–Kier alpha value is -2.28. The van der Waals surface area contributed by atoms with Crippen LogP contribution in [0, 0.1) is 0 Å². The molecule has 9 nitrogen and oxygen atoms in total. The first kappa shape index (κ1) is 28.7. The molecule has 0 spiro atoms. The van der Waals surface area contributed by atoms with E-state index in [9.17, 15) is 13.2 Å². The molecule has 38 heavy (non-hydrogen) atoms. The number of methoxy groups -OCH3 is 1. The number of carbonyl (C=O) groups is 1. The fourth-order valence-corrected chi connectivity index (χ4v) is 7.19. The van der Waals surface area contributed by atoms with Crippen molar-refractivity contribution in [3.8, 4) is 5.75 Å². The first-order chi connectivity index (χ1) is 18.0. The van der Waals surface area contributed by atoms with Gasteiger partial charge in [-0.1, -0.05) is 11.3 Å². The SMILES string of the molecule is COc1ccc2sc(N(CCCN3CCOCC3)C(=O)c3ccc(S(=O)(=O)N4CCCC4)cc3)nc2c1.Cl. The summed E-state index contributed by atoms with van der Waals surface area (Å²) in [5.74, 6) is 0.516. The molecule has 2 fully saturated rings. The van der Waals surface area contributed by atoms with Gasteiger partial charge in [-0.15, -0.1) is 12.4 Å². The Morgan fingerprint density at radius 3 is 2.47 bits per heavy atom. The summed E-state index contributed by atoms with van der Waals surface area (Å²) in [6.45, 7) is 5.69. The van der Waals surface area contributed by atoms with Crippen molar-refractivity contribution in [1.82, 2.24) is 14.2 Å². The van der Waals surface area contributed by atoms with Crippen molar-refractivity contribution in [3.63, 3.8) is 0 Å². The van der Waals surface area contributed by atoms with Crippen LogP contribution in [0.3, 0.4) is 0 Å². The van der Waals surface area contributed by atoms with Crippen LogP contribution in [-0.2, 0) is 14.8 Å². The molecule has 0 saturated carbocycles. The molecular weight excluding hydrogens is 548 g/mol. The molecule has 0 unspecified atom stereocenters. The molecule has 1 amide bonds. The molecular formula is C26H33ClN4O5S2. The summed E-state index contributed by atoms with van der Waals surface area (Å²) < 4.78 is 39.1. The van der Waals surface area contributed by atoms with E-state index in [2.05, 4.69) is 4.90 Å². The number of rotatable bonds is 9. The van der Waals surface area contributed by atoms with Gasteiger partial charge in [0.05, 0.1) is 35.4 Å². The van der Waals surface area contributed by atoms with E-state index < -0.39 is 10.0 Å². The zero-order valence-electron chi connectivity index (χ0n) is 21.4. The van der Waals surface area contributed by atoms with E-state index in [0.29, 0.717) is 36.1 Å². The number of hydrogen-bond donors (Lipinski definition) is 0. The average Bonchev–Trinajstić information content (AvgIpc) is 3.62. The van der Waals surface area contributed by atoms with Gasteiger partial charge in [0.15, 0.2) is 5.13 Å². The normalized spacial score (nSPS) is 16.9. The number of fused-ring (bicyclic) bond motifs is 1. The van der Waals surface area contributed by atoms with E-state index in [-0.39, 0.29) is 23.2 Å². The van der Waals surface area contributed by atoms with Crippen LogP contribution < -0.4 is 9.64 Å². The molecule has 0 aliphatic carbocycles. The molecule has 0 radical (unpaired) electrons. The molecule has 0 bridgehead atoms. The third-order valence-corrected chi connectivity index (χ3v) is 9.80. The lowest BCUT2D eigenvalue weighted by atomic mass is 10.2. The van der Waals surface area contributed by atoms with E-state index in [0.717, 1.165) is 62.3 Å². The van der Waals surface area contributed by atoms with Crippen molar-refractivity contribution in [2.24, 2.45) is 0 Å². The second-order valence-corrected chi connectivity index (χ2v) is 12.2. The van der Waals surface area contributed by atoms with Crippen molar-refractivity contribution in [2.75, 3.05) is 64.5 Å². The summed E-state index contributed by atoms with van der Waals surface area (Å²) >= 11 is 1.46. The third kappa shape index (κ3) is 6.30. The number of ether oxygens (including phenoxy) is 2. The fraction of sp³-hybridized carbons (Fsp3) is 0.462. The number of anilines is 1. The van der Waals surface area contributed by atoms with Gasteiger partial charge in [-0.2, -0.15) is 4.31 Å². The smallest absolute Gasteiger partial charge is 0.260 e. The minimum Gasteiger partial charge on any atom is -0.497 e. The van der Waals surface area contributed by atoms with E-state index in [1.807, 2.05) is 18.2 Å². The third-order valence-electron chi connectivity index (χ3n) is 6.82. The summed E-state index contributed by atoms with van der Waals surface area (Å²) in [4.78, 5) is 22.7. The quantitative estimate of drug-likeness (QED) is 0.379. The van der Waals surface area contributed by atoms with Gasteiger partial charge in [0.1, 0.15) is 5.75 Å². The van der Waals surface area contributed by atoms with Crippen molar-refractivity contribution < 1.29 is 22.7 Å². The zero-order chi connectivity index (χ0) is 25.8. The molecule has 0 atom stereocenters. The molecule has 2 aromatic carbocycles. The van der Waals surface area contributed by atoms with E-state index in [1.54, 1.807) is 24.1 Å². The number of thiazole rings is 1. The molecule has 206 valence electrons. The van der Waals surface area contributed by atoms with E-state index in [4.69, 9.17) is 14.5 Å². The largest absolute Gasteiger partial charge is 0.497 e. The summed E-state index contributed by atoms with van der Waals surface area (Å²) in [7, 11) is -1.92. The van der Waals surface area contributed by atoms with Gasteiger partial charge in [0, 0.05) is 50.9 Å². The maximum atomic E-state index is 13.7. The number of benzene rings is 2. The molecule has 2 saturated heterocycles. The second-order valence-electron chi connectivity index (χ2n) is 9.23. The number of hydrogen-bond acceptors (Lipinski definition) is 8. The molecule has 0 N–H and O–H groups in total. The number of sulfonamides is 1. The topological polar surface area (TPSA) is 92.3 Å². The van der Waals surface area contributed by atoms with Crippen LogP contribution in [0.25, 0.3) is 10.2 Å². The molecule has 5 rings (SSSR count). The molecule has 2 aliphatic heterocycles. The van der Waals surface area contributed by atoms with Gasteiger partial charge in [0.25, 0.3) is 5.91 Å². The molecule has 12 heteroatoms. The van der Waals surface area contributed by atoms with Crippen LogP contribution >= 0.6 is 23.7 Å². The fourth-order valence-electron chi connectivity index (χ4n) is 4.70. The Morgan fingerprint density at radius 1 is 1.08 bits per heavy atom. The number of nitrogens with zero attached hydrogens (tertiary/aromatic N) is 4. The Bertz CT molecular complexity index is 1340. The summed E-state index contributed by atoms with van der Waals surface area (Å²) in [6, 6.07) is 12.0. The van der Waals surface area contributed by atoms with Crippen LogP contribution in [0.15, 0.2) is 47.4 Å². The van der Waals surface area contributed by atoms with Crippen molar-refractivity contribution in [2.45, 2.75) is 24.2 Å². The van der Waals surface area contributed by atoms with Crippen LogP contribution in [-0.4, -0.2) is 88.1 Å². The number of amides is 1. The van der Waals surface area contributed by atoms with Crippen LogP contribution in [0.5, 0.6) is 5.75 Å². The van der Waals surface area contributed by atoms with Gasteiger partial charge in [-0.05, 0) is 55.7 Å². The maximum Gasteiger partial charge on any atom is 0.260 e. The van der Waals surface area contributed by atoms with Crippen molar-refractivity contribution in [1.29, 1.82) is 0 Å². The highest BCUT2D eigenvalue weighted by Gasteiger charge is 2.28. The van der Waals surface area contributed by atoms with Crippen molar-refractivity contribution >= 4 is 55.0 Å². The molecule has 3 aromatic rings. The Labute approximate surface area is 233 Å². The van der Waals surface area contributed by atoms with Crippen molar-refractivity contribution in [3.05, 3.63) is 48.0 Å². The Kier molecular flexibility index (Phi) is 9.61. The standard InChI is InChI=1S/C26H32N4O5S2.ClH/c1-34-21-7-10-24-23(19-21)27-26(36-24)30(14-4-11-28-15-17-35-18-16-28)25(31)20-5-8-22(9-6-20)37(32,33)29-12-2-3-13-29;/h5-10,19H,2-4,11-18H2,1H3;1H. The van der Waals surface area contributed by atoms with Gasteiger partial charge in [-0.3, -0.25) is 14.6 Å². The van der Waals surface area contributed by atoms with Gasteiger partial charge in [0.2, 0.25) is 10.0 Å². The zero-order valence-corrected chi connectivity index (χ0v) is 23.8. The van der Waals surface area contributed by atoms with E-state index >= 15 is 0 Å². The minimum atomic E-state index is -3.53. The lowest BCUT2D eigenvalue weighted by molar-refractivity contribution is 0.0376. The van der Waals surface area contributed by atoms with Gasteiger partial charge in [-0.25, -0.2) is 13.4 Å². The first-order valence-electron chi connectivity index (χ1n) is 12.6. The Morgan fingerprint density at radius 2 is 1.79 bits per heavy atom. The highest BCUT2D eigenvalue weighted by Crippen LogP contribution is 2.32. The first-order valence-corrected chi connectivity index (χ1v) is 14.9. The molecule has 3 heterocycles. The summed E-state index contributed by atoms with van der Waals surface area (Å²) in [5, 5.41) is 0.615. The van der Waals surface area contributed by atoms with Crippen LogP contribution in [0.1, 0.15) is 29.6 Å². The summed E-state index contributed by atoms with van der Waals surface area (Å²) in [5.41, 5.74) is 1.21. The number of carbonyl (C=O) groups excluding carboxylic acids is 1. The predicted molar refractivity (Wildman–Crippen MR) is 151 cm³/mol. The number of morpholine rings is 1. The average molecular weight is 581 g/mol.